The number of hydrogen-bond acceptors (Lipinski definition) is 7. The third kappa shape index (κ3) is 6.75. The molecule has 0 spiro atoms. The summed E-state index contributed by atoms with van der Waals surface area (Å²) in [5.41, 5.74) is 2.41. The molecule has 0 bridgehead atoms. The maximum Gasteiger partial charge on any atom is 0.408 e. The van der Waals surface area contributed by atoms with Crippen molar-refractivity contribution in [3.05, 3.63) is 71.8 Å². The molecule has 1 saturated heterocycles. The number of allylic oxidation sites excluding steroid dienone is 1. The maximum absolute atomic E-state index is 14.2. The number of ether oxygens (including phenoxy) is 1. The van der Waals surface area contributed by atoms with E-state index in [0.29, 0.717) is 18.6 Å². The molecule has 4 aliphatic rings. The zero-order valence-corrected chi connectivity index (χ0v) is 27.0. The van der Waals surface area contributed by atoms with Crippen LogP contribution in [0.15, 0.2) is 65.8 Å². The van der Waals surface area contributed by atoms with Crippen molar-refractivity contribution in [1.82, 2.24) is 15.5 Å². The molecular weight excluding hydrogens is 600 g/mol. The minimum Gasteiger partial charge on any atom is -0.479 e. The minimum atomic E-state index is -1.42. The molecule has 11 nitrogen and oxygen atoms in total. The topological polar surface area (TPSA) is 147 Å². The van der Waals surface area contributed by atoms with Gasteiger partial charge in [0.05, 0.1) is 6.54 Å². The fourth-order valence-corrected chi connectivity index (χ4v) is 6.81. The van der Waals surface area contributed by atoms with Crippen molar-refractivity contribution in [3.63, 3.8) is 0 Å². The number of hydrogen-bond donors (Lipinski definition) is 3. The quantitative estimate of drug-likeness (QED) is 0.274. The lowest BCUT2D eigenvalue weighted by molar-refractivity contribution is -0.145. The summed E-state index contributed by atoms with van der Waals surface area (Å²) in [7, 11) is 0. The molecule has 0 radical (unpaired) electrons. The van der Waals surface area contributed by atoms with E-state index in [9.17, 15) is 24.3 Å². The van der Waals surface area contributed by atoms with Gasteiger partial charge in [-0.3, -0.25) is 9.59 Å². The van der Waals surface area contributed by atoms with E-state index in [0.717, 1.165) is 41.5 Å². The Balaban J connectivity index is 1.29. The molecule has 0 aromatic heterocycles. The third-order valence-electron chi connectivity index (χ3n) is 9.26. The molecule has 3 amide bonds. The molecule has 6 rings (SSSR count). The van der Waals surface area contributed by atoms with Crippen molar-refractivity contribution < 1.29 is 33.9 Å². The Kier molecular flexibility index (Phi) is 8.82. The normalized spacial score (nSPS) is 27.9. The molecule has 248 valence electrons. The molecule has 3 N–H and O–H groups in total. The van der Waals surface area contributed by atoms with Crippen LogP contribution in [0.4, 0.5) is 4.79 Å². The van der Waals surface area contributed by atoms with E-state index in [-0.39, 0.29) is 25.3 Å². The Morgan fingerprint density at radius 3 is 2.30 bits per heavy atom. The first-order valence-electron chi connectivity index (χ1n) is 16.4. The molecule has 2 heterocycles. The van der Waals surface area contributed by atoms with Crippen molar-refractivity contribution in [2.24, 2.45) is 11.1 Å². The van der Waals surface area contributed by atoms with Gasteiger partial charge in [0, 0.05) is 23.5 Å². The van der Waals surface area contributed by atoms with Crippen molar-refractivity contribution in [2.75, 3.05) is 6.54 Å². The van der Waals surface area contributed by atoms with Crippen molar-refractivity contribution in [1.29, 1.82) is 0 Å². The van der Waals surface area contributed by atoms with Crippen LogP contribution in [0, 0.1) is 5.92 Å². The highest BCUT2D eigenvalue weighted by Gasteiger charge is 2.61. The van der Waals surface area contributed by atoms with Gasteiger partial charge in [0.25, 0.3) is 0 Å². The lowest BCUT2D eigenvalue weighted by Crippen LogP contribution is -2.56. The number of nitrogens with zero attached hydrogens (tertiary/aromatic N) is 2. The van der Waals surface area contributed by atoms with Crippen LogP contribution in [0.1, 0.15) is 76.8 Å². The molecule has 11 heteroatoms. The van der Waals surface area contributed by atoms with Gasteiger partial charge < -0.3 is 30.2 Å². The van der Waals surface area contributed by atoms with E-state index in [1.165, 1.54) is 4.90 Å². The van der Waals surface area contributed by atoms with Crippen molar-refractivity contribution in [2.45, 2.75) is 95.0 Å². The summed E-state index contributed by atoms with van der Waals surface area (Å²) in [5, 5.41) is 20.2. The van der Waals surface area contributed by atoms with E-state index in [1.54, 1.807) is 20.8 Å². The van der Waals surface area contributed by atoms with Gasteiger partial charge >= 0.3 is 12.1 Å². The van der Waals surface area contributed by atoms with Gasteiger partial charge in [0.15, 0.2) is 0 Å². The predicted octanol–water partition coefficient (Wildman–Crippen LogP) is 4.78. The Morgan fingerprint density at radius 1 is 1.00 bits per heavy atom. The van der Waals surface area contributed by atoms with Gasteiger partial charge in [-0.05, 0) is 57.6 Å². The van der Waals surface area contributed by atoms with Gasteiger partial charge in [-0.15, -0.1) is 0 Å². The Hall–Kier alpha value is -4.67. The number of carboxylic acid groups (broad SMARTS) is 1. The van der Waals surface area contributed by atoms with Crippen LogP contribution in [0.2, 0.25) is 0 Å². The Morgan fingerprint density at radius 2 is 1.66 bits per heavy atom. The second-order valence-electron chi connectivity index (χ2n) is 13.8. The lowest BCUT2D eigenvalue weighted by atomic mass is 10.0. The van der Waals surface area contributed by atoms with Crippen LogP contribution in [0.3, 0.4) is 0 Å². The lowest BCUT2D eigenvalue weighted by Gasteiger charge is -2.30. The number of nitrogens with one attached hydrogen (secondary N) is 2. The zero-order chi connectivity index (χ0) is 33.3. The number of aliphatic carboxylic acids is 1. The number of oxime groups is 1. The van der Waals surface area contributed by atoms with Gasteiger partial charge in [-0.1, -0.05) is 78.7 Å². The van der Waals surface area contributed by atoms with Crippen LogP contribution in [0.25, 0.3) is 11.1 Å². The van der Waals surface area contributed by atoms with Gasteiger partial charge in [-0.2, -0.15) is 0 Å². The number of amides is 3. The number of benzene rings is 2. The van der Waals surface area contributed by atoms with Crippen molar-refractivity contribution >= 4 is 29.6 Å². The first-order valence-corrected chi connectivity index (χ1v) is 16.4. The van der Waals surface area contributed by atoms with Crippen LogP contribution in [0.5, 0.6) is 0 Å². The predicted molar refractivity (Wildman–Crippen MR) is 175 cm³/mol. The summed E-state index contributed by atoms with van der Waals surface area (Å²) >= 11 is 0. The summed E-state index contributed by atoms with van der Waals surface area (Å²) in [4.78, 5) is 60.8. The van der Waals surface area contributed by atoms with E-state index in [1.807, 2.05) is 60.7 Å². The molecule has 5 atom stereocenters. The van der Waals surface area contributed by atoms with E-state index >= 15 is 0 Å². The van der Waals surface area contributed by atoms with E-state index in [2.05, 4.69) is 15.8 Å². The second kappa shape index (κ2) is 12.8. The highest BCUT2D eigenvalue weighted by Crippen LogP contribution is 2.45. The van der Waals surface area contributed by atoms with Gasteiger partial charge in [0.2, 0.25) is 11.8 Å². The number of alkyl carbamates (subject to hydrolysis) is 1. The summed E-state index contributed by atoms with van der Waals surface area (Å²) in [5.74, 6) is -2.46. The highest BCUT2D eigenvalue weighted by molar-refractivity contribution is 6.24. The Labute approximate surface area is 274 Å². The second-order valence-corrected chi connectivity index (χ2v) is 13.8. The third-order valence-corrected chi connectivity index (χ3v) is 9.26. The van der Waals surface area contributed by atoms with Crippen LogP contribution < -0.4 is 10.6 Å². The standard InChI is InChI=1S/C36H42N4O7/c1-35(2,3)46-34(45)37-28-18-8-6-4-5-7-13-22-20-36(22,33(43)44)38-31(41)29-19-23(21-40(29)32(28)42)47-39-30-26-16-11-9-14-24(26)25-15-10-12-17-27(25)30/h7,9-17,22-23,28-29H,4-6,8,18-21H2,1-3H3,(H,37,45)(H,38,41)(H,43,44)/b13-7-/t22-,23-,28+,29+,36-/m1/s1. The zero-order valence-electron chi connectivity index (χ0n) is 27.0. The smallest absolute Gasteiger partial charge is 0.408 e. The first kappa shape index (κ1) is 32.3. The maximum atomic E-state index is 14.2. The average molecular weight is 643 g/mol. The average Bonchev–Trinajstić information content (AvgIpc) is 3.40. The van der Waals surface area contributed by atoms with Crippen LogP contribution in [-0.4, -0.2) is 75.5 Å². The van der Waals surface area contributed by atoms with Crippen LogP contribution in [-0.2, 0) is 24.0 Å². The monoisotopic (exact) mass is 642 g/mol. The Bertz CT molecular complexity index is 1580. The number of carbonyl (C=O) groups is 4. The molecule has 2 aliphatic carbocycles. The number of carboxylic acids is 1. The number of fused-ring (bicyclic) bond motifs is 5. The highest BCUT2D eigenvalue weighted by atomic mass is 16.6. The SMILES string of the molecule is CC(C)(C)OC(=O)N[C@H]1CCCCC/C=C\[C@@H]2C[C@@]2(C(=O)O)NC(=O)[C@@H]2C[C@@H](ON=C3c4ccccc4-c4ccccc43)CN2C1=O. The summed E-state index contributed by atoms with van der Waals surface area (Å²) in [6, 6.07) is 13.9. The molecule has 2 aromatic rings. The molecule has 47 heavy (non-hydrogen) atoms. The summed E-state index contributed by atoms with van der Waals surface area (Å²) in [6.45, 7) is 5.26. The minimum absolute atomic E-state index is 0.0346. The van der Waals surface area contributed by atoms with Crippen molar-refractivity contribution in [3.8, 4) is 11.1 Å². The molecule has 2 fully saturated rings. The fraction of sp³-hybridized carbons (Fsp3) is 0.472. The first-order chi connectivity index (χ1) is 22.5. The molecule has 0 unspecified atom stereocenters. The summed E-state index contributed by atoms with van der Waals surface area (Å²) < 4.78 is 5.46. The molecule has 2 aliphatic heterocycles. The van der Waals surface area contributed by atoms with E-state index in [4.69, 9.17) is 9.57 Å². The fourth-order valence-electron chi connectivity index (χ4n) is 6.81. The summed E-state index contributed by atoms with van der Waals surface area (Å²) in [6.07, 6.45) is 6.28. The molecular formula is C36H42N4O7. The number of rotatable bonds is 4. The molecule has 2 aromatic carbocycles. The van der Waals surface area contributed by atoms with Gasteiger partial charge in [-0.25, -0.2) is 9.59 Å². The van der Waals surface area contributed by atoms with Gasteiger partial charge in [0.1, 0.15) is 35.0 Å². The molecule has 1 saturated carbocycles. The van der Waals surface area contributed by atoms with E-state index < -0.39 is 53.2 Å². The van der Waals surface area contributed by atoms with Crippen LogP contribution >= 0.6 is 0 Å². The number of carbonyl (C=O) groups excluding carboxylic acids is 3. The largest absolute Gasteiger partial charge is 0.479 e.